The number of nitrogens with one attached hydrogen (secondary N) is 1. The lowest BCUT2D eigenvalue weighted by atomic mass is 9.91. The number of carbonyl (C=O) groups is 1. The normalized spacial score (nSPS) is 25.5. The molecule has 1 N–H and O–H groups in total. The first kappa shape index (κ1) is 24.3. The van der Waals surface area contributed by atoms with Crippen LogP contribution in [-0.2, 0) is 26.0 Å². The molecule has 2 aliphatic heterocycles. The number of carbonyl (C=O) groups excluding carboxylic acids is 1. The van der Waals surface area contributed by atoms with E-state index in [9.17, 15) is 22.0 Å². The van der Waals surface area contributed by atoms with Gasteiger partial charge in [-0.3, -0.25) is 4.79 Å². The molecule has 2 saturated heterocycles. The number of halogens is 3. The molecule has 2 aromatic carbocycles. The van der Waals surface area contributed by atoms with Crippen molar-refractivity contribution in [2.75, 3.05) is 13.2 Å². The molecule has 0 aromatic heterocycles. The van der Waals surface area contributed by atoms with E-state index in [-0.39, 0.29) is 24.4 Å². The summed E-state index contributed by atoms with van der Waals surface area (Å²) < 4.78 is 75.9. The van der Waals surface area contributed by atoms with E-state index in [4.69, 9.17) is 4.74 Å². The van der Waals surface area contributed by atoms with Crippen LogP contribution in [-0.4, -0.2) is 55.8 Å². The van der Waals surface area contributed by atoms with Crippen molar-refractivity contribution in [2.24, 2.45) is 5.41 Å². The molecule has 1 saturated carbocycles. The topological polar surface area (TPSA) is 75.7 Å². The Balaban J connectivity index is 1.52. The summed E-state index contributed by atoms with van der Waals surface area (Å²) in [6, 6.07) is 12.1. The average molecular weight is 509 g/mol. The summed E-state index contributed by atoms with van der Waals surface area (Å²) in [5.74, 6) is -0.790. The third kappa shape index (κ3) is 4.36. The average Bonchev–Trinajstić information content (AvgIpc) is 3.49. The zero-order chi connectivity index (χ0) is 25.0. The summed E-state index contributed by atoms with van der Waals surface area (Å²) in [5.41, 5.74) is 0.694. The van der Waals surface area contributed by atoms with Crippen molar-refractivity contribution in [2.45, 2.75) is 56.0 Å². The van der Waals surface area contributed by atoms with Crippen molar-refractivity contribution in [1.29, 1.82) is 0 Å². The van der Waals surface area contributed by atoms with E-state index < -0.39 is 44.7 Å². The third-order valence-electron chi connectivity index (χ3n) is 7.43. The SMILES string of the molecule is CC(F)(F)S(=O)(=O)NC1C(Cc2cccc(-c3ccccc3)c2F)N(C(=O)[C@H]2CCO2)CC12CC2. The Hall–Kier alpha value is -2.43. The van der Waals surface area contributed by atoms with Crippen LogP contribution in [0.2, 0.25) is 0 Å². The summed E-state index contributed by atoms with van der Waals surface area (Å²) >= 11 is 0. The van der Waals surface area contributed by atoms with Gasteiger partial charge in [0.1, 0.15) is 11.9 Å². The number of likely N-dealkylation sites (tertiary alicyclic amines) is 1. The van der Waals surface area contributed by atoms with E-state index in [1.54, 1.807) is 42.5 Å². The number of amides is 1. The number of benzene rings is 2. The molecule has 2 heterocycles. The largest absolute Gasteiger partial charge is 0.368 e. The van der Waals surface area contributed by atoms with E-state index in [1.165, 1.54) is 4.90 Å². The molecule has 5 rings (SSSR count). The number of alkyl halides is 2. The molecule has 1 spiro atoms. The van der Waals surface area contributed by atoms with Gasteiger partial charge >= 0.3 is 5.25 Å². The Bertz CT molecular complexity index is 1230. The number of hydrogen-bond acceptors (Lipinski definition) is 4. The maximum absolute atomic E-state index is 15.7. The van der Waals surface area contributed by atoms with Crippen LogP contribution in [0.15, 0.2) is 48.5 Å². The van der Waals surface area contributed by atoms with Gasteiger partial charge in [0.25, 0.3) is 15.9 Å². The number of nitrogens with zero attached hydrogens (tertiary/aromatic N) is 1. The second-order valence-corrected chi connectivity index (χ2v) is 11.8. The highest BCUT2D eigenvalue weighted by Gasteiger charge is 2.63. The molecular formula is C25H27F3N2O4S. The molecule has 6 nitrogen and oxygen atoms in total. The van der Waals surface area contributed by atoms with Gasteiger partial charge in [-0.15, -0.1) is 0 Å². The van der Waals surface area contributed by atoms with Crippen LogP contribution in [0.1, 0.15) is 31.7 Å². The van der Waals surface area contributed by atoms with Gasteiger partial charge in [-0.2, -0.15) is 8.78 Å². The van der Waals surface area contributed by atoms with Gasteiger partial charge in [0.2, 0.25) is 0 Å². The Morgan fingerprint density at radius 3 is 2.43 bits per heavy atom. The second-order valence-electron chi connectivity index (χ2n) is 9.80. The van der Waals surface area contributed by atoms with Crippen molar-refractivity contribution >= 4 is 15.9 Å². The van der Waals surface area contributed by atoms with Gasteiger partial charge in [-0.1, -0.05) is 48.5 Å². The molecule has 3 aliphatic rings. The predicted molar refractivity (Wildman–Crippen MR) is 124 cm³/mol. The van der Waals surface area contributed by atoms with Gasteiger partial charge < -0.3 is 9.64 Å². The zero-order valence-corrected chi connectivity index (χ0v) is 20.0. The molecule has 2 aromatic rings. The number of rotatable bonds is 7. The quantitative estimate of drug-likeness (QED) is 0.619. The third-order valence-corrected chi connectivity index (χ3v) is 8.93. The van der Waals surface area contributed by atoms with Crippen molar-refractivity contribution in [1.82, 2.24) is 9.62 Å². The van der Waals surface area contributed by atoms with Crippen molar-refractivity contribution in [3.8, 4) is 11.1 Å². The van der Waals surface area contributed by atoms with Crippen LogP contribution < -0.4 is 4.72 Å². The molecule has 2 unspecified atom stereocenters. The Morgan fingerprint density at radius 1 is 1.17 bits per heavy atom. The maximum Gasteiger partial charge on any atom is 0.356 e. The van der Waals surface area contributed by atoms with Crippen LogP contribution in [0.25, 0.3) is 11.1 Å². The van der Waals surface area contributed by atoms with Crippen molar-refractivity contribution < 1.29 is 31.1 Å². The van der Waals surface area contributed by atoms with Crippen molar-refractivity contribution in [3.63, 3.8) is 0 Å². The van der Waals surface area contributed by atoms with E-state index in [2.05, 4.69) is 4.72 Å². The van der Waals surface area contributed by atoms with Gasteiger partial charge in [0, 0.05) is 30.9 Å². The fourth-order valence-corrected chi connectivity index (χ4v) is 6.08. The van der Waals surface area contributed by atoms with Gasteiger partial charge in [-0.25, -0.2) is 17.5 Å². The van der Waals surface area contributed by atoms with Gasteiger partial charge in [0.15, 0.2) is 0 Å². The van der Waals surface area contributed by atoms with E-state index >= 15 is 4.39 Å². The Kier molecular flexibility index (Phi) is 5.96. The Labute approximate surface area is 202 Å². The van der Waals surface area contributed by atoms with Crippen LogP contribution in [0.4, 0.5) is 13.2 Å². The molecule has 1 amide bonds. The molecular weight excluding hydrogens is 481 g/mol. The summed E-state index contributed by atoms with van der Waals surface area (Å²) in [7, 11) is -5.01. The molecule has 1 aliphatic carbocycles. The highest BCUT2D eigenvalue weighted by atomic mass is 32.2. The van der Waals surface area contributed by atoms with Crippen LogP contribution in [0.5, 0.6) is 0 Å². The zero-order valence-electron chi connectivity index (χ0n) is 19.2. The molecule has 188 valence electrons. The molecule has 3 fully saturated rings. The fourth-order valence-electron chi connectivity index (χ4n) is 5.13. The number of hydrogen-bond donors (Lipinski definition) is 1. The van der Waals surface area contributed by atoms with E-state index in [0.29, 0.717) is 43.9 Å². The first-order valence-electron chi connectivity index (χ1n) is 11.7. The highest BCUT2D eigenvalue weighted by Crippen LogP contribution is 2.56. The van der Waals surface area contributed by atoms with Crippen molar-refractivity contribution in [3.05, 3.63) is 59.9 Å². The molecule has 0 radical (unpaired) electrons. The summed E-state index contributed by atoms with van der Waals surface area (Å²) in [6.07, 6.45) is 1.06. The summed E-state index contributed by atoms with van der Waals surface area (Å²) in [4.78, 5) is 14.7. The highest BCUT2D eigenvalue weighted by molar-refractivity contribution is 7.90. The molecule has 35 heavy (non-hydrogen) atoms. The van der Waals surface area contributed by atoms with Crippen LogP contribution >= 0.6 is 0 Å². The maximum atomic E-state index is 15.7. The van der Waals surface area contributed by atoms with Gasteiger partial charge in [-0.05, 0) is 30.4 Å². The van der Waals surface area contributed by atoms with Crippen LogP contribution in [0.3, 0.4) is 0 Å². The Morgan fingerprint density at radius 2 is 1.86 bits per heavy atom. The second kappa shape index (κ2) is 8.60. The molecule has 3 atom stereocenters. The lowest BCUT2D eigenvalue weighted by molar-refractivity contribution is -0.157. The summed E-state index contributed by atoms with van der Waals surface area (Å²) in [5, 5.41) is -4.00. The minimum Gasteiger partial charge on any atom is -0.368 e. The monoisotopic (exact) mass is 508 g/mol. The lowest BCUT2D eigenvalue weighted by Crippen LogP contribution is -2.54. The molecule has 10 heteroatoms. The lowest BCUT2D eigenvalue weighted by Gasteiger charge is -2.34. The van der Waals surface area contributed by atoms with Gasteiger partial charge in [0.05, 0.1) is 18.7 Å². The first-order chi connectivity index (χ1) is 16.5. The van der Waals surface area contributed by atoms with E-state index in [1.807, 2.05) is 6.07 Å². The van der Waals surface area contributed by atoms with E-state index in [0.717, 1.165) is 0 Å². The first-order valence-corrected chi connectivity index (χ1v) is 13.2. The summed E-state index contributed by atoms with van der Waals surface area (Å²) in [6.45, 7) is 0.998. The minimum atomic E-state index is -5.01. The predicted octanol–water partition coefficient (Wildman–Crippen LogP) is 3.72. The fraction of sp³-hybridized carbons (Fsp3) is 0.480. The van der Waals surface area contributed by atoms with Crippen LogP contribution in [0, 0.1) is 11.2 Å². The standard InChI is InChI=1S/C25H27F3N2O4S/c1-24(27,28)35(32,33)29-22-19(30(15-25(22)11-12-25)23(31)20-10-13-34-20)14-17-8-5-9-18(21(17)26)16-6-3-2-4-7-16/h2-9,19-20,22,29H,10-15H2,1H3/t19?,20-,22?/m1/s1. The molecule has 0 bridgehead atoms. The minimum absolute atomic E-state index is 0.0187. The smallest absolute Gasteiger partial charge is 0.356 e. The number of ether oxygens (including phenoxy) is 1. The number of sulfonamides is 1.